The zero-order valence-corrected chi connectivity index (χ0v) is 17.7. The predicted molar refractivity (Wildman–Crippen MR) is 121 cm³/mol. The van der Waals surface area contributed by atoms with Gasteiger partial charge in [0.1, 0.15) is 11.5 Å². The minimum atomic E-state index is -0.311. The number of hydrogen-bond donors (Lipinski definition) is 2. The molecule has 0 fully saturated rings. The highest BCUT2D eigenvalue weighted by molar-refractivity contribution is 5.99. The summed E-state index contributed by atoms with van der Waals surface area (Å²) in [6.07, 6.45) is 0. The van der Waals surface area contributed by atoms with Crippen molar-refractivity contribution >= 4 is 23.2 Å². The Morgan fingerprint density at radius 1 is 0.767 bits per heavy atom. The van der Waals surface area contributed by atoms with E-state index in [-0.39, 0.29) is 17.2 Å². The first-order valence-corrected chi connectivity index (χ1v) is 9.78. The fourth-order valence-electron chi connectivity index (χ4n) is 2.86. The molecule has 0 aliphatic carbocycles. The first-order chi connectivity index (χ1) is 14.2. The lowest BCUT2D eigenvalue weighted by Crippen LogP contribution is -2.20. The maximum atomic E-state index is 12.3. The van der Waals surface area contributed by atoms with Gasteiger partial charge in [-0.3, -0.25) is 4.79 Å². The Labute approximate surface area is 177 Å². The SMILES string of the molecule is CC(=O)c1ccc(Oc2ccc(NC(=O)Nc3cccc(C(C)(C)C)c3)cc2)cc1. The monoisotopic (exact) mass is 402 g/mol. The summed E-state index contributed by atoms with van der Waals surface area (Å²) >= 11 is 0. The number of benzene rings is 3. The molecule has 0 aliphatic rings. The number of ketones is 1. The zero-order chi connectivity index (χ0) is 21.7. The van der Waals surface area contributed by atoms with Crippen molar-refractivity contribution in [3.8, 4) is 11.5 Å². The Balaban J connectivity index is 1.59. The third-order valence-electron chi connectivity index (χ3n) is 4.60. The maximum Gasteiger partial charge on any atom is 0.323 e. The molecule has 5 nitrogen and oxygen atoms in total. The van der Waals surface area contributed by atoms with E-state index in [1.165, 1.54) is 6.92 Å². The number of anilines is 2. The minimum Gasteiger partial charge on any atom is -0.457 e. The van der Waals surface area contributed by atoms with Gasteiger partial charge in [-0.15, -0.1) is 0 Å². The second-order valence-electron chi connectivity index (χ2n) is 8.12. The molecule has 0 aliphatic heterocycles. The molecule has 3 rings (SSSR count). The van der Waals surface area contributed by atoms with Crippen molar-refractivity contribution in [3.63, 3.8) is 0 Å². The van der Waals surface area contributed by atoms with Gasteiger partial charge < -0.3 is 15.4 Å². The molecule has 3 aromatic carbocycles. The van der Waals surface area contributed by atoms with E-state index in [1.807, 2.05) is 18.2 Å². The van der Waals surface area contributed by atoms with Gasteiger partial charge in [0.25, 0.3) is 0 Å². The fourth-order valence-corrected chi connectivity index (χ4v) is 2.86. The Morgan fingerprint density at radius 2 is 1.33 bits per heavy atom. The number of Topliss-reactive ketones (excluding diaryl/α,β-unsaturated/α-hetero) is 1. The molecular formula is C25H26N2O3. The Kier molecular flexibility index (Phi) is 6.21. The van der Waals surface area contributed by atoms with Gasteiger partial charge in [-0.2, -0.15) is 0 Å². The van der Waals surface area contributed by atoms with E-state index in [0.29, 0.717) is 22.7 Å². The third kappa shape index (κ3) is 5.70. The summed E-state index contributed by atoms with van der Waals surface area (Å²) in [4.78, 5) is 23.7. The molecule has 0 radical (unpaired) electrons. The normalized spacial score (nSPS) is 10.9. The van der Waals surface area contributed by atoms with Crippen LogP contribution in [0, 0.1) is 0 Å². The molecule has 154 valence electrons. The van der Waals surface area contributed by atoms with E-state index in [1.54, 1.807) is 48.5 Å². The number of nitrogens with one attached hydrogen (secondary N) is 2. The van der Waals surface area contributed by atoms with Crippen molar-refractivity contribution in [1.29, 1.82) is 0 Å². The molecule has 2 amide bonds. The minimum absolute atomic E-state index is 0.0103. The van der Waals surface area contributed by atoms with Gasteiger partial charge in [0.05, 0.1) is 0 Å². The van der Waals surface area contributed by atoms with Crippen molar-refractivity contribution in [2.75, 3.05) is 10.6 Å². The first-order valence-electron chi connectivity index (χ1n) is 9.78. The largest absolute Gasteiger partial charge is 0.457 e. The summed E-state index contributed by atoms with van der Waals surface area (Å²) in [5.41, 5.74) is 3.20. The van der Waals surface area contributed by atoms with Crippen LogP contribution in [0.15, 0.2) is 72.8 Å². The Morgan fingerprint density at radius 3 is 1.90 bits per heavy atom. The number of carbonyl (C=O) groups excluding carboxylic acids is 2. The van der Waals surface area contributed by atoms with E-state index in [4.69, 9.17) is 4.74 Å². The molecule has 3 aromatic rings. The quantitative estimate of drug-likeness (QED) is 0.471. The smallest absolute Gasteiger partial charge is 0.323 e. The van der Waals surface area contributed by atoms with Crippen molar-refractivity contribution < 1.29 is 14.3 Å². The van der Waals surface area contributed by atoms with Gasteiger partial charge in [-0.25, -0.2) is 4.79 Å². The fraction of sp³-hybridized carbons (Fsp3) is 0.200. The van der Waals surface area contributed by atoms with Gasteiger partial charge in [-0.05, 0) is 78.6 Å². The Hall–Kier alpha value is -3.60. The van der Waals surface area contributed by atoms with E-state index < -0.39 is 0 Å². The maximum absolute atomic E-state index is 12.3. The number of carbonyl (C=O) groups is 2. The van der Waals surface area contributed by atoms with Crippen LogP contribution in [0.25, 0.3) is 0 Å². The van der Waals surface area contributed by atoms with Crippen LogP contribution in [0.4, 0.5) is 16.2 Å². The number of ether oxygens (including phenoxy) is 1. The summed E-state index contributed by atoms with van der Waals surface area (Å²) in [5, 5.41) is 5.68. The van der Waals surface area contributed by atoms with Crippen molar-refractivity contribution in [2.24, 2.45) is 0 Å². The molecule has 0 saturated heterocycles. The van der Waals surface area contributed by atoms with Gasteiger partial charge in [-0.1, -0.05) is 32.9 Å². The molecule has 2 N–H and O–H groups in total. The van der Waals surface area contributed by atoms with Crippen LogP contribution in [-0.4, -0.2) is 11.8 Å². The van der Waals surface area contributed by atoms with Crippen LogP contribution in [0.5, 0.6) is 11.5 Å². The second-order valence-corrected chi connectivity index (χ2v) is 8.12. The van der Waals surface area contributed by atoms with Gasteiger partial charge >= 0.3 is 6.03 Å². The third-order valence-corrected chi connectivity index (χ3v) is 4.60. The average molecular weight is 402 g/mol. The summed E-state index contributed by atoms with van der Waals surface area (Å²) in [5.74, 6) is 1.28. The summed E-state index contributed by atoms with van der Waals surface area (Å²) in [7, 11) is 0. The van der Waals surface area contributed by atoms with Crippen LogP contribution in [0.3, 0.4) is 0 Å². The predicted octanol–water partition coefficient (Wildman–Crippen LogP) is 6.62. The van der Waals surface area contributed by atoms with Crippen LogP contribution < -0.4 is 15.4 Å². The zero-order valence-electron chi connectivity index (χ0n) is 17.7. The van der Waals surface area contributed by atoms with Gasteiger partial charge in [0.15, 0.2) is 5.78 Å². The highest BCUT2D eigenvalue weighted by Gasteiger charge is 2.14. The molecule has 0 atom stereocenters. The molecule has 0 spiro atoms. The molecular weight excluding hydrogens is 376 g/mol. The average Bonchev–Trinajstić information content (AvgIpc) is 2.69. The highest BCUT2D eigenvalue weighted by atomic mass is 16.5. The topological polar surface area (TPSA) is 67.4 Å². The van der Waals surface area contributed by atoms with E-state index in [9.17, 15) is 9.59 Å². The number of urea groups is 1. The number of hydrogen-bond acceptors (Lipinski definition) is 3. The van der Waals surface area contributed by atoms with Crippen LogP contribution in [0.2, 0.25) is 0 Å². The van der Waals surface area contributed by atoms with Crippen molar-refractivity contribution in [2.45, 2.75) is 33.1 Å². The van der Waals surface area contributed by atoms with Crippen molar-refractivity contribution in [1.82, 2.24) is 0 Å². The first kappa shape index (κ1) is 21.1. The molecule has 5 heteroatoms. The molecule has 0 unspecified atom stereocenters. The van der Waals surface area contributed by atoms with E-state index in [2.05, 4.69) is 37.5 Å². The highest BCUT2D eigenvalue weighted by Crippen LogP contribution is 2.25. The van der Waals surface area contributed by atoms with E-state index in [0.717, 1.165) is 11.3 Å². The van der Waals surface area contributed by atoms with Crippen molar-refractivity contribution in [3.05, 3.63) is 83.9 Å². The van der Waals surface area contributed by atoms with Gasteiger partial charge in [0.2, 0.25) is 0 Å². The lowest BCUT2D eigenvalue weighted by molar-refractivity contribution is 0.101. The van der Waals surface area contributed by atoms with Crippen LogP contribution >= 0.6 is 0 Å². The lowest BCUT2D eigenvalue weighted by Gasteiger charge is -2.20. The number of amides is 2. The summed E-state index contributed by atoms with van der Waals surface area (Å²) in [6.45, 7) is 7.92. The molecule has 0 aromatic heterocycles. The van der Waals surface area contributed by atoms with Crippen LogP contribution in [0.1, 0.15) is 43.6 Å². The molecule has 0 bridgehead atoms. The van der Waals surface area contributed by atoms with E-state index >= 15 is 0 Å². The standard InChI is InChI=1S/C25H26N2O3/c1-17(28)18-8-12-22(13-9-18)30-23-14-10-20(11-15-23)26-24(29)27-21-7-5-6-19(16-21)25(2,3)4/h5-16H,1-4H3,(H2,26,27,29). The summed E-state index contributed by atoms with van der Waals surface area (Å²) < 4.78 is 5.77. The lowest BCUT2D eigenvalue weighted by atomic mass is 9.87. The molecule has 0 heterocycles. The number of rotatable bonds is 5. The summed E-state index contributed by atoms with van der Waals surface area (Å²) in [6, 6.07) is 21.6. The molecule has 0 saturated carbocycles. The van der Waals surface area contributed by atoms with Gasteiger partial charge in [0, 0.05) is 16.9 Å². The second kappa shape index (κ2) is 8.82. The Bertz CT molecular complexity index is 1030. The molecule has 30 heavy (non-hydrogen) atoms. The van der Waals surface area contributed by atoms with Crippen LogP contribution in [-0.2, 0) is 5.41 Å².